The van der Waals surface area contributed by atoms with Crippen molar-refractivity contribution in [1.29, 1.82) is 0 Å². The van der Waals surface area contributed by atoms with Gasteiger partial charge in [0.1, 0.15) is 0 Å². The Labute approximate surface area is 101 Å². The summed E-state index contributed by atoms with van der Waals surface area (Å²) < 4.78 is 0. The van der Waals surface area contributed by atoms with Crippen molar-refractivity contribution >= 4 is 23.1 Å². The Morgan fingerprint density at radius 2 is 2.27 bits per heavy atom. The summed E-state index contributed by atoms with van der Waals surface area (Å²) in [6.07, 6.45) is 2.56. The smallest absolute Gasteiger partial charge is 0.0542 e. The molecule has 3 heteroatoms. The summed E-state index contributed by atoms with van der Waals surface area (Å²) in [5.74, 6) is 1.22. The second kappa shape index (κ2) is 6.56. The van der Waals surface area contributed by atoms with Crippen LogP contribution in [0.15, 0.2) is 11.4 Å². The summed E-state index contributed by atoms with van der Waals surface area (Å²) >= 11 is 3.85. The predicted molar refractivity (Wildman–Crippen MR) is 72.8 cm³/mol. The molecule has 1 nitrogen and oxygen atoms in total. The molecule has 0 spiro atoms. The normalized spacial score (nSPS) is 15.2. The summed E-state index contributed by atoms with van der Waals surface area (Å²) in [5.41, 5.74) is 7.46. The van der Waals surface area contributed by atoms with Gasteiger partial charge < -0.3 is 5.73 Å². The average molecular weight is 243 g/mol. The van der Waals surface area contributed by atoms with Gasteiger partial charge in [-0.2, -0.15) is 11.8 Å². The molecule has 0 aliphatic carbocycles. The lowest BCUT2D eigenvalue weighted by Gasteiger charge is -2.20. The van der Waals surface area contributed by atoms with Gasteiger partial charge in [0.05, 0.1) is 5.25 Å². The minimum absolute atomic E-state index is 0.240. The molecule has 0 radical (unpaired) electrons. The van der Waals surface area contributed by atoms with Gasteiger partial charge in [0.25, 0.3) is 0 Å². The van der Waals surface area contributed by atoms with Gasteiger partial charge in [-0.05, 0) is 43.0 Å². The molecule has 1 aromatic heterocycles. The molecule has 2 atom stereocenters. The van der Waals surface area contributed by atoms with Crippen molar-refractivity contribution < 1.29 is 0 Å². The maximum Gasteiger partial charge on any atom is 0.0542 e. The number of hydrogen-bond donors (Lipinski definition) is 1. The summed E-state index contributed by atoms with van der Waals surface area (Å²) in [7, 11) is 0. The van der Waals surface area contributed by atoms with Crippen LogP contribution in [0.2, 0.25) is 0 Å². The fraction of sp³-hybridized carbons (Fsp3) is 0.667. The van der Waals surface area contributed by atoms with Gasteiger partial charge in [0.2, 0.25) is 0 Å². The van der Waals surface area contributed by atoms with Crippen molar-refractivity contribution in [3.05, 3.63) is 21.9 Å². The van der Waals surface area contributed by atoms with E-state index in [1.807, 2.05) is 23.1 Å². The highest BCUT2D eigenvalue weighted by molar-refractivity contribution is 7.99. The van der Waals surface area contributed by atoms with Gasteiger partial charge in [0.15, 0.2) is 0 Å². The van der Waals surface area contributed by atoms with Crippen molar-refractivity contribution in [2.45, 2.75) is 44.9 Å². The Bertz CT molecular complexity index is 281. The Morgan fingerprint density at radius 1 is 1.53 bits per heavy atom. The topological polar surface area (TPSA) is 26.0 Å². The first-order chi connectivity index (χ1) is 7.16. The Kier molecular flexibility index (Phi) is 5.72. The third kappa shape index (κ3) is 3.82. The molecule has 0 saturated heterocycles. The molecule has 1 heterocycles. The predicted octanol–water partition coefficient (Wildman–Crippen LogP) is 3.98. The zero-order valence-corrected chi connectivity index (χ0v) is 11.5. The maximum atomic E-state index is 6.06. The van der Waals surface area contributed by atoms with E-state index in [2.05, 4.69) is 32.2 Å². The molecule has 2 unspecified atom stereocenters. The molecule has 0 aliphatic heterocycles. The van der Waals surface area contributed by atoms with Crippen LogP contribution in [0.25, 0.3) is 0 Å². The minimum atomic E-state index is 0.240. The first-order valence-corrected chi connectivity index (χ1v) is 7.50. The molecule has 0 aromatic carbocycles. The average Bonchev–Trinajstić information content (AvgIpc) is 2.59. The molecule has 0 saturated carbocycles. The van der Waals surface area contributed by atoms with E-state index >= 15 is 0 Å². The van der Waals surface area contributed by atoms with Crippen molar-refractivity contribution in [3.63, 3.8) is 0 Å². The zero-order chi connectivity index (χ0) is 11.3. The molecular formula is C12H21NS2. The second-order valence-electron chi connectivity index (χ2n) is 3.97. The van der Waals surface area contributed by atoms with Crippen LogP contribution in [-0.2, 0) is 0 Å². The number of thioether (sulfide) groups is 1. The van der Waals surface area contributed by atoms with E-state index in [0.29, 0.717) is 5.25 Å². The maximum absolute atomic E-state index is 6.06. The highest BCUT2D eigenvalue weighted by atomic mass is 32.2. The molecule has 1 aromatic rings. The van der Waals surface area contributed by atoms with Crippen molar-refractivity contribution in [2.75, 3.05) is 5.75 Å². The zero-order valence-electron chi connectivity index (χ0n) is 9.82. The molecule has 0 aliphatic rings. The van der Waals surface area contributed by atoms with Crippen molar-refractivity contribution in [3.8, 4) is 0 Å². The quantitative estimate of drug-likeness (QED) is 0.765. The largest absolute Gasteiger partial charge is 0.327 e. The monoisotopic (exact) mass is 243 g/mol. The van der Waals surface area contributed by atoms with Gasteiger partial charge in [-0.25, -0.2) is 0 Å². The summed E-state index contributed by atoms with van der Waals surface area (Å²) in [6.45, 7) is 6.53. The van der Waals surface area contributed by atoms with Gasteiger partial charge >= 0.3 is 0 Å². The molecule has 2 N–H and O–H groups in total. The highest BCUT2D eigenvalue weighted by Gasteiger charge is 2.19. The first kappa shape index (κ1) is 13.1. The summed E-state index contributed by atoms with van der Waals surface area (Å²) in [5, 5.41) is 2.65. The Morgan fingerprint density at radius 3 is 2.73 bits per heavy atom. The summed E-state index contributed by atoms with van der Waals surface area (Å²) in [6, 6.07) is 2.43. The number of rotatable bonds is 6. The molecule has 86 valence electrons. The number of thiophene rings is 1. The number of aryl methyl sites for hydroxylation is 1. The lowest BCUT2D eigenvalue weighted by molar-refractivity contribution is 0.725. The van der Waals surface area contributed by atoms with Crippen molar-refractivity contribution in [2.24, 2.45) is 5.73 Å². The molecule has 0 bridgehead atoms. The van der Waals surface area contributed by atoms with Crippen LogP contribution >= 0.6 is 23.1 Å². The number of hydrogen-bond acceptors (Lipinski definition) is 3. The third-order valence-corrected chi connectivity index (χ3v) is 5.23. The van der Waals surface area contributed by atoms with Gasteiger partial charge in [0, 0.05) is 10.9 Å². The molecule has 0 amide bonds. The minimum Gasteiger partial charge on any atom is -0.327 e. The fourth-order valence-electron chi connectivity index (χ4n) is 1.50. The number of unbranched alkanes of at least 4 members (excludes halogenated alkanes) is 1. The van der Waals surface area contributed by atoms with Crippen LogP contribution in [-0.4, -0.2) is 11.8 Å². The lowest BCUT2D eigenvalue weighted by Crippen LogP contribution is -2.22. The SMILES string of the molecule is CCCCSC(c1sccc1C)C(C)N. The van der Waals surface area contributed by atoms with Crippen LogP contribution in [0.4, 0.5) is 0 Å². The fourth-order valence-corrected chi connectivity index (χ4v) is 4.24. The first-order valence-electron chi connectivity index (χ1n) is 5.58. The van der Waals surface area contributed by atoms with Gasteiger partial charge in [-0.3, -0.25) is 0 Å². The van der Waals surface area contributed by atoms with Crippen LogP contribution in [0.1, 0.15) is 42.4 Å². The van der Waals surface area contributed by atoms with E-state index < -0.39 is 0 Å². The van der Waals surface area contributed by atoms with Crippen LogP contribution < -0.4 is 5.73 Å². The van der Waals surface area contributed by atoms with Gasteiger partial charge in [-0.15, -0.1) is 11.3 Å². The van der Waals surface area contributed by atoms with E-state index in [1.54, 1.807) is 0 Å². The number of nitrogens with two attached hydrogens (primary N) is 1. The summed E-state index contributed by atoms with van der Waals surface area (Å²) in [4.78, 5) is 1.46. The van der Waals surface area contributed by atoms with Crippen LogP contribution in [0.3, 0.4) is 0 Å². The van der Waals surface area contributed by atoms with E-state index in [0.717, 1.165) is 0 Å². The van der Waals surface area contributed by atoms with Crippen LogP contribution in [0.5, 0.6) is 0 Å². The Balaban J connectivity index is 2.62. The second-order valence-corrected chi connectivity index (χ2v) is 6.17. The van der Waals surface area contributed by atoms with Crippen LogP contribution in [0, 0.1) is 6.92 Å². The van der Waals surface area contributed by atoms with E-state index in [-0.39, 0.29) is 6.04 Å². The highest BCUT2D eigenvalue weighted by Crippen LogP contribution is 2.36. The molecule has 1 rings (SSSR count). The van der Waals surface area contributed by atoms with E-state index in [1.165, 1.54) is 29.0 Å². The molecule has 15 heavy (non-hydrogen) atoms. The van der Waals surface area contributed by atoms with E-state index in [4.69, 9.17) is 5.73 Å². The third-order valence-electron chi connectivity index (χ3n) is 2.43. The lowest BCUT2D eigenvalue weighted by atomic mass is 10.1. The standard InChI is InChI=1S/C12H21NS2/c1-4-5-7-14-12(10(3)13)11-9(2)6-8-15-11/h6,8,10,12H,4-5,7,13H2,1-3H3. The molecule has 0 fully saturated rings. The molecular weight excluding hydrogens is 222 g/mol. The Hall–Kier alpha value is 0.01000. The van der Waals surface area contributed by atoms with E-state index in [9.17, 15) is 0 Å². The van der Waals surface area contributed by atoms with Crippen molar-refractivity contribution in [1.82, 2.24) is 0 Å². The van der Waals surface area contributed by atoms with Gasteiger partial charge in [-0.1, -0.05) is 13.3 Å².